The molecule has 4 aromatic rings. The molecule has 2 saturated heterocycles. The number of carbonyl (C=O) groups is 1. The number of anilines is 2. The zero-order valence-electron chi connectivity index (χ0n) is 36.3. The van der Waals surface area contributed by atoms with Crippen molar-refractivity contribution in [3.8, 4) is 11.5 Å². The Balaban J connectivity index is 0.000000208. The van der Waals surface area contributed by atoms with Gasteiger partial charge in [0.25, 0.3) is 0 Å². The number of likely N-dealkylation sites (N-methyl/N-ethyl adjacent to an activating group) is 2. The van der Waals surface area contributed by atoms with E-state index in [2.05, 4.69) is 84.3 Å². The highest BCUT2D eigenvalue weighted by Crippen LogP contribution is 2.38. The molecule has 11 heteroatoms. The molecular weight excluding hydrogens is 737 g/mol. The number of rotatable bonds is 15. The third kappa shape index (κ3) is 12.2. The number of benzene rings is 2. The molecule has 4 heterocycles. The number of amides is 1. The Kier molecular flexibility index (Phi) is 16.4. The van der Waals surface area contributed by atoms with Gasteiger partial charge in [0.1, 0.15) is 11.5 Å². The van der Waals surface area contributed by atoms with E-state index in [0.29, 0.717) is 11.9 Å². The average Bonchev–Trinajstić information content (AvgIpc) is 3.29. The first-order valence-electron chi connectivity index (χ1n) is 21.7. The fraction of sp³-hybridized carbons (Fsp3) is 0.521. The molecule has 0 spiro atoms. The minimum absolute atomic E-state index is 0.110. The number of aromatic nitrogens is 2. The molecule has 0 bridgehead atoms. The van der Waals surface area contributed by atoms with Gasteiger partial charge in [0.15, 0.2) is 0 Å². The molecule has 1 aliphatic carbocycles. The summed E-state index contributed by atoms with van der Waals surface area (Å²) in [6, 6.07) is 29.2. The van der Waals surface area contributed by atoms with Gasteiger partial charge >= 0.3 is 0 Å². The second kappa shape index (κ2) is 22.1. The van der Waals surface area contributed by atoms with Crippen LogP contribution in [0, 0.1) is 5.41 Å². The van der Waals surface area contributed by atoms with E-state index in [9.17, 15) is 4.79 Å². The normalized spacial score (nSPS) is 18.3. The topological polar surface area (TPSA) is 89.5 Å². The molecule has 7 rings (SSSR count). The van der Waals surface area contributed by atoms with Gasteiger partial charge in [0.2, 0.25) is 5.91 Å². The summed E-state index contributed by atoms with van der Waals surface area (Å²) in [7, 11) is 7.53. The zero-order valence-corrected chi connectivity index (χ0v) is 36.3. The Bertz CT molecular complexity index is 1830. The Morgan fingerprint density at radius 3 is 1.63 bits per heavy atom. The highest BCUT2D eigenvalue weighted by Gasteiger charge is 2.39. The highest BCUT2D eigenvalue weighted by atomic mass is 16.5. The maximum atomic E-state index is 13.7. The average molecular weight is 805 g/mol. The number of carbonyl (C=O) groups excluding carboxylic acids is 1. The summed E-state index contributed by atoms with van der Waals surface area (Å²) >= 11 is 0. The van der Waals surface area contributed by atoms with Crippen molar-refractivity contribution in [1.82, 2.24) is 30.0 Å². The predicted molar refractivity (Wildman–Crippen MR) is 240 cm³/mol. The van der Waals surface area contributed by atoms with Crippen molar-refractivity contribution < 1.29 is 14.3 Å². The number of nitrogens with one attached hydrogen (secondary N) is 1. The van der Waals surface area contributed by atoms with Crippen molar-refractivity contribution in [2.75, 3.05) is 104 Å². The minimum Gasteiger partial charge on any atom is -0.495 e. The first-order chi connectivity index (χ1) is 28.8. The fourth-order valence-electron chi connectivity index (χ4n) is 8.99. The first-order valence-corrected chi connectivity index (χ1v) is 21.7. The molecule has 1 amide bonds. The monoisotopic (exact) mass is 805 g/mol. The van der Waals surface area contributed by atoms with E-state index in [-0.39, 0.29) is 11.5 Å². The lowest BCUT2D eigenvalue weighted by molar-refractivity contribution is -0.144. The van der Waals surface area contributed by atoms with Gasteiger partial charge in [-0.15, -0.1) is 0 Å². The van der Waals surface area contributed by atoms with Crippen LogP contribution in [-0.2, 0) is 17.6 Å². The van der Waals surface area contributed by atoms with Crippen molar-refractivity contribution in [2.24, 2.45) is 5.41 Å². The van der Waals surface area contributed by atoms with Gasteiger partial charge in [-0.1, -0.05) is 62.6 Å². The van der Waals surface area contributed by atoms with E-state index < -0.39 is 0 Å². The Hall–Kier alpha value is -4.71. The summed E-state index contributed by atoms with van der Waals surface area (Å²) in [5.74, 6) is 2.19. The molecule has 1 saturated carbocycles. The van der Waals surface area contributed by atoms with E-state index in [0.717, 1.165) is 133 Å². The lowest BCUT2D eigenvalue weighted by Gasteiger charge is -2.42. The molecule has 2 aliphatic heterocycles. The maximum absolute atomic E-state index is 13.7. The molecule has 318 valence electrons. The van der Waals surface area contributed by atoms with E-state index in [4.69, 9.17) is 9.47 Å². The molecule has 59 heavy (non-hydrogen) atoms. The molecule has 2 atom stereocenters. The van der Waals surface area contributed by atoms with Crippen LogP contribution < -0.4 is 24.6 Å². The predicted octanol–water partition coefficient (Wildman–Crippen LogP) is 6.30. The van der Waals surface area contributed by atoms with Crippen LogP contribution in [0.1, 0.15) is 50.4 Å². The van der Waals surface area contributed by atoms with Gasteiger partial charge in [-0.3, -0.25) is 24.6 Å². The van der Waals surface area contributed by atoms with Crippen LogP contribution >= 0.6 is 0 Å². The zero-order chi connectivity index (χ0) is 41.5. The van der Waals surface area contributed by atoms with E-state index >= 15 is 0 Å². The Morgan fingerprint density at radius 2 is 1.15 bits per heavy atom. The van der Waals surface area contributed by atoms with Gasteiger partial charge in [-0.2, -0.15) is 0 Å². The Labute approximate surface area is 353 Å². The third-order valence-electron chi connectivity index (χ3n) is 12.6. The van der Waals surface area contributed by atoms with Crippen molar-refractivity contribution in [1.29, 1.82) is 0 Å². The number of piperazine rings is 2. The molecule has 11 nitrogen and oxygen atoms in total. The van der Waals surface area contributed by atoms with Crippen LogP contribution in [0.3, 0.4) is 0 Å². The van der Waals surface area contributed by atoms with Gasteiger partial charge < -0.3 is 29.5 Å². The molecular formula is C48H68N8O3. The maximum Gasteiger partial charge on any atom is 0.228 e. The van der Waals surface area contributed by atoms with Gasteiger partial charge in [0.05, 0.1) is 25.6 Å². The lowest BCUT2D eigenvalue weighted by Crippen LogP contribution is -2.54. The molecule has 1 N–H and O–H groups in total. The van der Waals surface area contributed by atoms with Gasteiger partial charge in [-0.25, -0.2) is 0 Å². The standard InChI is InChI=1S/C28H40N4O2.C20H28N4O/c1-28(14-8-4-9-15-28)27(33)30(2)24(21-23-11-7-10-16-29-23)22-31-17-19-32(20-18-31)25-12-5-6-13-26(25)34-3;1-21-18(15-17-7-5-6-10-22-17)16-23-11-13-24(14-12-23)19-8-3-4-9-20(19)25-2/h5-7,10-13,16,24H,4,8-9,14-15,17-22H2,1-3H3;3-10,18,21H,11-16H2,1-2H3/t24-;18-/m11/s1. The number of hydrogen-bond donors (Lipinski definition) is 1. The minimum atomic E-state index is -0.224. The number of methoxy groups -OCH3 is 2. The quantitative estimate of drug-likeness (QED) is 0.148. The van der Waals surface area contributed by atoms with Gasteiger partial charge in [0, 0.05) is 127 Å². The van der Waals surface area contributed by atoms with Crippen LogP contribution in [0.2, 0.25) is 0 Å². The van der Waals surface area contributed by atoms with Crippen molar-refractivity contribution in [3.05, 3.63) is 109 Å². The smallest absolute Gasteiger partial charge is 0.228 e. The number of nitrogens with zero attached hydrogens (tertiary/aromatic N) is 7. The SMILES string of the molecule is CN[C@H](Cc1ccccn1)CN1CCN(c2ccccc2OC)CC1.COc1ccccc1N1CCN(C[C@@H](Cc2ccccn2)N(C)C(=O)C2(C)CCCCC2)CC1. The second-order valence-corrected chi connectivity index (χ2v) is 16.6. The lowest BCUT2D eigenvalue weighted by atomic mass is 9.74. The van der Waals surface area contributed by atoms with Crippen LogP contribution in [0.25, 0.3) is 0 Å². The van der Waals surface area contributed by atoms with Gasteiger partial charge in [-0.05, 0) is 68.4 Å². The van der Waals surface area contributed by atoms with Crippen LogP contribution in [0.4, 0.5) is 11.4 Å². The number of para-hydroxylation sites is 4. The summed E-state index contributed by atoms with van der Waals surface area (Å²) in [5.41, 5.74) is 4.33. The molecule has 0 unspecified atom stereocenters. The molecule has 2 aromatic carbocycles. The van der Waals surface area contributed by atoms with Crippen LogP contribution in [0.5, 0.6) is 11.5 Å². The van der Waals surface area contributed by atoms with Crippen molar-refractivity contribution in [2.45, 2.75) is 64.0 Å². The first kappa shape index (κ1) is 43.9. The van der Waals surface area contributed by atoms with E-state index in [1.54, 1.807) is 14.2 Å². The van der Waals surface area contributed by atoms with Crippen molar-refractivity contribution in [3.63, 3.8) is 0 Å². The summed E-state index contributed by atoms with van der Waals surface area (Å²) in [6.07, 6.45) is 11.0. The Morgan fingerprint density at radius 1 is 0.678 bits per heavy atom. The molecule has 3 fully saturated rings. The highest BCUT2D eigenvalue weighted by molar-refractivity contribution is 5.82. The fourth-order valence-corrected chi connectivity index (χ4v) is 8.99. The third-order valence-corrected chi connectivity index (χ3v) is 12.6. The molecule has 2 aromatic heterocycles. The number of pyridine rings is 2. The number of ether oxygens (including phenoxy) is 2. The molecule has 0 radical (unpaired) electrons. The summed E-state index contributed by atoms with van der Waals surface area (Å²) in [4.78, 5) is 34.6. The molecule has 3 aliphatic rings. The summed E-state index contributed by atoms with van der Waals surface area (Å²) in [5, 5.41) is 3.44. The van der Waals surface area contributed by atoms with Crippen molar-refractivity contribution >= 4 is 17.3 Å². The van der Waals surface area contributed by atoms with Crippen LogP contribution in [0.15, 0.2) is 97.3 Å². The van der Waals surface area contributed by atoms with E-state index in [1.165, 1.54) is 12.1 Å². The van der Waals surface area contributed by atoms with Crippen LogP contribution in [-0.4, -0.2) is 136 Å². The largest absolute Gasteiger partial charge is 0.495 e. The number of hydrogen-bond acceptors (Lipinski definition) is 10. The van der Waals surface area contributed by atoms with E-state index in [1.807, 2.05) is 73.9 Å². The summed E-state index contributed by atoms with van der Waals surface area (Å²) < 4.78 is 11.1. The summed E-state index contributed by atoms with van der Waals surface area (Å²) in [6.45, 7) is 12.1. The second-order valence-electron chi connectivity index (χ2n) is 16.6.